The molecular weight excluding hydrogens is 416 g/mol. The summed E-state index contributed by atoms with van der Waals surface area (Å²) in [6, 6.07) is 13.2. The summed E-state index contributed by atoms with van der Waals surface area (Å²) in [5.74, 6) is -0.151. The van der Waals surface area contributed by atoms with Crippen molar-refractivity contribution < 1.29 is 4.79 Å². The van der Waals surface area contributed by atoms with Crippen molar-refractivity contribution in [3.05, 3.63) is 75.8 Å². The zero-order valence-electron chi connectivity index (χ0n) is 16.6. The number of aromatic nitrogens is 3. The smallest absolute Gasteiger partial charge is 0.261 e. The first-order chi connectivity index (χ1) is 14.5. The van der Waals surface area contributed by atoms with E-state index < -0.39 is 0 Å². The van der Waals surface area contributed by atoms with Crippen LogP contribution in [0, 0.1) is 13.8 Å². The Balaban J connectivity index is 1.36. The Kier molecular flexibility index (Phi) is 5.96. The van der Waals surface area contributed by atoms with Gasteiger partial charge in [0.05, 0.1) is 17.2 Å². The Morgan fingerprint density at radius 3 is 2.70 bits per heavy atom. The van der Waals surface area contributed by atoms with Crippen LogP contribution in [0.5, 0.6) is 0 Å². The number of amides is 1. The lowest BCUT2D eigenvalue weighted by Gasteiger charge is -2.09. The average Bonchev–Trinajstić information content (AvgIpc) is 3.14. The minimum atomic E-state index is -0.151. The summed E-state index contributed by atoms with van der Waals surface area (Å²) in [6.07, 6.45) is 1.70. The second-order valence-electron chi connectivity index (χ2n) is 6.89. The van der Waals surface area contributed by atoms with Crippen LogP contribution in [0.25, 0.3) is 10.9 Å². The molecule has 30 heavy (non-hydrogen) atoms. The second kappa shape index (κ2) is 8.81. The molecule has 0 bridgehead atoms. The van der Waals surface area contributed by atoms with Crippen molar-refractivity contribution in [2.24, 2.45) is 0 Å². The van der Waals surface area contributed by atoms with E-state index >= 15 is 0 Å². The fraction of sp³-hybridized carbons (Fsp3) is 0.182. The third-order valence-corrected chi connectivity index (χ3v) is 6.64. The van der Waals surface area contributed by atoms with Gasteiger partial charge >= 0.3 is 0 Å². The van der Waals surface area contributed by atoms with Crippen LogP contribution in [0.2, 0.25) is 0 Å². The Bertz CT molecular complexity index is 1260. The minimum Gasteiger partial charge on any atom is -0.326 e. The molecule has 0 spiro atoms. The summed E-state index contributed by atoms with van der Waals surface area (Å²) in [5.41, 5.74) is 3.27. The molecule has 4 rings (SSSR count). The molecule has 0 aliphatic rings. The molecule has 152 valence electrons. The van der Waals surface area contributed by atoms with Crippen LogP contribution in [-0.2, 0) is 11.3 Å². The van der Waals surface area contributed by atoms with Gasteiger partial charge in [-0.15, -0.1) is 11.3 Å². The van der Waals surface area contributed by atoms with Crippen molar-refractivity contribution in [3.8, 4) is 0 Å². The van der Waals surface area contributed by atoms with Gasteiger partial charge in [-0.3, -0.25) is 14.2 Å². The quantitative estimate of drug-likeness (QED) is 0.476. The van der Waals surface area contributed by atoms with E-state index in [1.165, 1.54) is 10.9 Å². The van der Waals surface area contributed by atoms with Crippen molar-refractivity contribution in [2.75, 3.05) is 5.32 Å². The van der Waals surface area contributed by atoms with E-state index in [2.05, 4.69) is 15.3 Å². The number of anilines is 1. The molecule has 0 aliphatic carbocycles. The molecule has 2 aromatic carbocycles. The van der Waals surface area contributed by atoms with Crippen molar-refractivity contribution >= 4 is 45.6 Å². The zero-order chi connectivity index (χ0) is 21.1. The number of nitrogens with one attached hydrogen (secondary N) is 1. The van der Waals surface area contributed by atoms with E-state index in [4.69, 9.17) is 0 Å². The van der Waals surface area contributed by atoms with Crippen LogP contribution in [0.15, 0.2) is 68.2 Å². The number of nitrogens with zero attached hydrogens (tertiary/aromatic N) is 3. The molecule has 8 heteroatoms. The topological polar surface area (TPSA) is 76.9 Å². The summed E-state index contributed by atoms with van der Waals surface area (Å²) < 4.78 is 2.48. The van der Waals surface area contributed by atoms with E-state index in [-0.39, 0.29) is 24.4 Å². The normalized spacial score (nSPS) is 11.0. The molecule has 0 saturated carbocycles. The highest BCUT2D eigenvalue weighted by atomic mass is 32.2. The van der Waals surface area contributed by atoms with E-state index in [1.807, 2.05) is 55.6 Å². The number of thiazole rings is 1. The van der Waals surface area contributed by atoms with Gasteiger partial charge < -0.3 is 5.32 Å². The van der Waals surface area contributed by atoms with Gasteiger partial charge in [0.1, 0.15) is 0 Å². The standard InChI is InChI=1S/C22H20N4O2S2/c1-14-4-3-5-18-20(14)23-13-26(21(18)28)11-10-19(27)25-16-6-8-17(9-7-16)30-22-24-15(2)12-29-22/h3-9,12-13H,10-11H2,1-2H3,(H,25,27). The van der Waals surface area contributed by atoms with E-state index in [1.54, 1.807) is 29.2 Å². The number of benzene rings is 2. The Labute approximate surface area is 182 Å². The lowest BCUT2D eigenvalue weighted by atomic mass is 10.1. The molecule has 1 N–H and O–H groups in total. The molecule has 0 unspecified atom stereocenters. The SMILES string of the molecule is Cc1csc(Sc2ccc(NC(=O)CCn3cnc4c(C)cccc4c3=O)cc2)n1. The lowest BCUT2D eigenvalue weighted by molar-refractivity contribution is -0.116. The van der Waals surface area contributed by atoms with Crippen molar-refractivity contribution in [3.63, 3.8) is 0 Å². The Morgan fingerprint density at radius 1 is 1.17 bits per heavy atom. The largest absolute Gasteiger partial charge is 0.326 e. The fourth-order valence-electron chi connectivity index (χ4n) is 3.03. The molecule has 0 fully saturated rings. The molecule has 1 amide bonds. The zero-order valence-corrected chi connectivity index (χ0v) is 18.2. The van der Waals surface area contributed by atoms with E-state index in [0.29, 0.717) is 10.9 Å². The molecule has 0 aliphatic heterocycles. The van der Waals surface area contributed by atoms with Gasteiger partial charge in [0.2, 0.25) is 5.91 Å². The first-order valence-electron chi connectivity index (χ1n) is 9.44. The number of para-hydroxylation sites is 1. The number of carbonyl (C=O) groups is 1. The minimum absolute atomic E-state index is 0.129. The number of aryl methyl sites for hydroxylation is 3. The molecular formula is C22H20N4O2S2. The van der Waals surface area contributed by atoms with Crippen LogP contribution in [0.1, 0.15) is 17.7 Å². The maximum absolute atomic E-state index is 12.6. The molecule has 0 atom stereocenters. The summed E-state index contributed by atoms with van der Waals surface area (Å²) in [7, 11) is 0. The second-order valence-corrected chi connectivity index (χ2v) is 9.07. The summed E-state index contributed by atoms with van der Waals surface area (Å²) in [4.78, 5) is 34.8. The van der Waals surface area contributed by atoms with Crippen LogP contribution in [-0.4, -0.2) is 20.4 Å². The van der Waals surface area contributed by atoms with Gasteiger partial charge in [-0.1, -0.05) is 23.9 Å². The van der Waals surface area contributed by atoms with Gasteiger partial charge in [-0.25, -0.2) is 9.97 Å². The van der Waals surface area contributed by atoms with Gasteiger partial charge in [0.25, 0.3) is 5.56 Å². The van der Waals surface area contributed by atoms with Crippen LogP contribution >= 0.6 is 23.1 Å². The molecule has 2 aromatic heterocycles. The van der Waals surface area contributed by atoms with E-state index in [9.17, 15) is 9.59 Å². The lowest BCUT2D eigenvalue weighted by Crippen LogP contribution is -2.23. The first-order valence-corrected chi connectivity index (χ1v) is 11.1. The predicted molar refractivity (Wildman–Crippen MR) is 121 cm³/mol. The molecule has 6 nitrogen and oxygen atoms in total. The average molecular weight is 437 g/mol. The highest BCUT2D eigenvalue weighted by Crippen LogP contribution is 2.30. The molecule has 2 heterocycles. The number of rotatable bonds is 6. The van der Waals surface area contributed by atoms with Crippen LogP contribution in [0.3, 0.4) is 0 Å². The maximum atomic E-state index is 12.6. The first kappa shape index (κ1) is 20.3. The van der Waals surface area contributed by atoms with Crippen LogP contribution < -0.4 is 10.9 Å². The third kappa shape index (κ3) is 4.60. The van der Waals surface area contributed by atoms with Crippen LogP contribution in [0.4, 0.5) is 5.69 Å². The predicted octanol–water partition coefficient (Wildman–Crippen LogP) is 4.65. The molecule has 0 saturated heterocycles. The number of fused-ring (bicyclic) bond motifs is 1. The molecule has 4 aromatic rings. The fourth-order valence-corrected chi connectivity index (χ4v) is 4.84. The third-order valence-electron chi connectivity index (χ3n) is 4.58. The van der Waals surface area contributed by atoms with Gasteiger partial charge in [-0.05, 0) is 49.7 Å². The Morgan fingerprint density at radius 2 is 1.97 bits per heavy atom. The maximum Gasteiger partial charge on any atom is 0.261 e. The molecule has 0 radical (unpaired) electrons. The highest BCUT2D eigenvalue weighted by molar-refractivity contribution is 8.01. The number of carbonyl (C=O) groups excluding carboxylic acids is 1. The number of hydrogen-bond acceptors (Lipinski definition) is 6. The van der Waals surface area contributed by atoms with Crippen molar-refractivity contribution in [2.45, 2.75) is 36.0 Å². The summed E-state index contributed by atoms with van der Waals surface area (Å²) >= 11 is 3.21. The van der Waals surface area contributed by atoms with E-state index in [0.717, 1.165) is 26.2 Å². The van der Waals surface area contributed by atoms with Gasteiger partial charge in [-0.2, -0.15) is 0 Å². The summed E-state index contributed by atoms with van der Waals surface area (Å²) in [6.45, 7) is 4.18. The van der Waals surface area contributed by atoms with Crippen molar-refractivity contribution in [1.29, 1.82) is 0 Å². The number of hydrogen-bond donors (Lipinski definition) is 1. The highest BCUT2D eigenvalue weighted by Gasteiger charge is 2.09. The van der Waals surface area contributed by atoms with Gasteiger partial charge in [0.15, 0.2) is 4.34 Å². The summed E-state index contributed by atoms with van der Waals surface area (Å²) in [5, 5.41) is 5.47. The van der Waals surface area contributed by atoms with Crippen molar-refractivity contribution in [1.82, 2.24) is 14.5 Å². The monoisotopic (exact) mass is 436 g/mol. The Hall–Kier alpha value is -2.97. The van der Waals surface area contributed by atoms with Gasteiger partial charge in [0, 0.05) is 34.6 Å².